The van der Waals surface area contributed by atoms with Crippen molar-refractivity contribution in [3.8, 4) is 11.5 Å². The molecule has 1 unspecified atom stereocenters. The molecule has 24 heavy (non-hydrogen) atoms. The highest BCUT2D eigenvalue weighted by Crippen LogP contribution is 2.42. The third kappa shape index (κ3) is 3.38. The molecule has 1 N–H and O–H groups in total. The Hall–Kier alpha value is -1.71. The molecule has 1 atom stereocenters. The maximum atomic E-state index is 12.5. The Morgan fingerprint density at radius 1 is 1.25 bits per heavy atom. The van der Waals surface area contributed by atoms with Crippen LogP contribution in [0.25, 0.3) is 0 Å². The lowest BCUT2D eigenvalue weighted by Crippen LogP contribution is -2.44. The maximum Gasteiger partial charge on any atom is 0.170 e. The number of hydrogen-bond acceptors (Lipinski definition) is 4. The molecule has 1 aromatic rings. The fourth-order valence-corrected chi connectivity index (χ4v) is 4.11. The Labute approximate surface area is 144 Å². The second-order valence-corrected chi connectivity index (χ2v) is 7.12. The van der Waals surface area contributed by atoms with E-state index in [0.29, 0.717) is 17.7 Å². The number of fused-ring (bicyclic) bond motifs is 3. The molecule has 0 aromatic heterocycles. The number of Topliss-reactive ketones (excluding diaryl/α,β-unsaturated/α-hetero) is 1. The Bertz CT molecular complexity index is 593. The number of piperidine rings is 1. The molecule has 2 aliphatic heterocycles. The highest BCUT2D eigenvalue weighted by Gasteiger charge is 2.35. The van der Waals surface area contributed by atoms with Crippen LogP contribution in [0.5, 0.6) is 11.5 Å². The molecule has 0 aliphatic carbocycles. The summed E-state index contributed by atoms with van der Waals surface area (Å²) < 4.78 is 6.16. The predicted octanol–water partition coefficient (Wildman–Crippen LogP) is 4.69. The molecule has 4 heteroatoms. The van der Waals surface area contributed by atoms with E-state index in [1.54, 1.807) is 6.07 Å². The highest BCUT2D eigenvalue weighted by atomic mass is 16.5. The number of anilines is 1. The van der Waals surface area contributed by atoms with E-state index in [9.17, 15) is 9.90 Å². The van der Waals surface area contributed by atoms with Crippen LogP contribution in [0.3, 0.4) is 0 Å². The van der Waals surface area contributed by atoms with Crippen molar-refractivity contribution < 1.29 is 14.6 Å². The van der Waals surface area contributed by atoms with Crippen molar-refractivity contribution >= 4 is 11.5 Å². The van der Waals surface area contributed by atoms with E-state index in [1.807, 2.05) is 6.07 Å². The molecule has 1 saturated heterocycles. The van der Waals surface area contributed by atoms with Gasteiger partial charge in [0.1, 0.15) is 11.5 Å². The fourth-order valence-electron chi connectivity index (χ4n) is 4.11. The average Bonchev–Trinajstić information content (AvgIpc) is 2.55. The monoisotopic (exact) mass is 331 g/mol. The number of phenolic OH excluding ortho intramolecular Hbond substituents is 1. The molecule has 0 bridgehead atoms. The van der Waals surface area contributed by atoms with E-state index in [4.69, 9.17) is 4.74 Å². The van der Waals surface area contributed by atoms with Crippen molar-refractivity contribution in [2.45, 2.75) is 77.4 Å². The number of ketones is 1. The minimum Gasteiger partial charge on any atom is -0.507 e. The van der Waals surface area contributed by atoms with Gasteiger partial charge in [-0.15, -0.1) is 0 Å². The Kier molecular flexibility index (Phi) is 5.32. The first-order valence-corrected chi connectivity index (χ1v) is 9.47. The predicted molar refractivity (Wildman–Crippen MR) is 96.3 cm³/mol. The molecular formula is C20H29NO3. The maximum absolute atomic E-state index is 12.5. The summed E-state index contributed by atoms with van der Waals surface area (Å²) in [6, 6.07) is 3.89. The molecule has 4 nitrogen and oxygen atoms in total. The first kappa shape index (κ1) is 17.1. The molecule has 3 rings (SSSR count). The first-order chi connectivity index (χ1) is 11.6. The normalized spacial score (nSPS) is 20.0. The van der Waals surface area contributed by atoms with E-state index >= 15 is 0 Å². The standard InChI is InChI=1S/C20H29NO3/c1-3-7-15(8-4-2)24-16-12-17-20(19(23)13-16)18(22)11-14-9-5-6-10-21(14)17/h12-15,23H,3-11H2,1-2H3. The lowest BCUT2D eigenvalue weighted by atomic mass is 9.88. The smallest absolute Gasteiger partial charge is 0.170 e. The topological polar surface area (TPSA) is 49.8 Å². The minimum absolute atomic E-state index is 0.0656. The summed E-state index contributed by atoms with van der Waals surface area (Å²) in [7, 11) is 0. The number of hydrogen-bond donors (Lipinski definition) is 1. The molecule has 132 valence electrons. The van der Waals surface area contributed by atoms with Gasteiger partial charge >= 0.3 is 0 Å². The van der Waals surface area contributed by atoms with E-state index in [1.165, 1.54) is 6.42 Å². The van der Waals surface area contributed by atoms with Gasteiger partial charge in [0.2, 0.25) is 0 Å². The molecule has 0 radical (unpaired) electrons. The van der Waals surface area contributed by atoms with Crippen LogP contribution in [-0.2, 0) is 0 Å². The largest absolute Gasteiger partial charge is 0.507 e. The number of aromatic hydroxyl groups is 1. The van der Waals surface area contributed by atoms with Gasteiger partial charge in [-0.1, -0.05) is 26.7 Å². The Morgan fingerprint density at radius 2 is 2.00 bits per heavy atom. The minimum atomic E-state index is 0.0656. The summed E-state index contributed by atoms with van der Waals surface area (Å²) >= 11 is 0. The van der Waals surface area contributed by atoms with Crippen molar-refractivity contribution in [3.63, 3.8) is 0 Å². The van der Waals surface area contributed by atoms with Gasteiger partial charge in [-0.25, -0.2) is 0 Å². The number of benzene rings is 1. The van der Waals surface area contributed by atoms with Gasteiger partial charge in [-0.05, 0) is 32.1 Å². The summed E-state index contributed by atoms with van der Waals surface area (Å²) in [5, 5.41) is 10.4. The van der Waals surface area contributed by atoms with Crippen LogP contribution in [0.4, 0.5) is 5.69 Å². The van der Waals surface area contributed by atoms with Gasteiger partial charge < -0.3 is 14.7 Å². The lowest BCUT2D eigenvalue weighted by molar-refractivity contribution is 0.0958. The molecule has 1 fully saturated rings. The summed E-state index contributed by atoms with van der Waals surface area (Å²) in [4.78, 5) is 14.8. The van der Waals surface area contributed by atoms with Crippen LogP contribution < -0.4 is 9.64 Å². The number of carbonyl (C=O) groups excluding carboxylic acids is 1. The number of ether oxygens (including phenoxy) is 1. The second kappa shape index (κ2) is 7.45. The Balaban J connectivity index is 1.91. The Morgan fingerprint density at radius 3 is 2.71 bits per heavy atom. The van der Waals surface area contributed by atoms with Crippen LogP contribution >= 0.6 is 0 Å². The van der Waals surface area contributed by atoms with Gasteiger partial charge in [-0.2, -0.15) is 0 Å². The molecule has 0 amide bonds. The van der Waals surface area contributed by atoms with Crippen molar-refractivity contribution in [2.75, 3.05) is 11.4 Å². The van der Waals surface area contributed by atoms with Crippen LogP contribution in [0.2, 0.25) is 0 Å². The van der Waals surface area contributed by atoms with Gasteiger partial charge in [0, 0.05) is 31.1 Å². The van der Waals surface area contributed by atoms with Gasteiger partial charge in [0.05, 0.1) is 17.4 Å². The SMILES string of the molecule is CCCC(CCC)Oc1cc(O)c2c(c1)N1CCCCC1CC2=O. The fraction of sp³-hybridized carbons (Fsp3) is 0.650. The highest BCUT2D eigenvalue weighted by molar-refractivity contribution is 6.06. The van der Waals surface area contributed by atoms with Crippen LogP contribution in [-0.4, -0.2) is 29.6 Å². The summed E-state index contributed by atoms with van der Waals surface area (Å²) in [5.41, 5.74) is 1.36. The van der Waals surface area contributed by atoms with Crippen molar-refractivity contribution in [3.05, 3.63) is 17.7 Å². The molecule has 0 saturated carbocycles. The van der Waals surface area contributed by atoms with Gasteiger partial charge in [-0.3, -0.25) is 4.79 Å². The number of nitrogens with zero attached hydrogens (tertiary/aromatic N) is 1. The summed E-state index contributed by atoms with van der Waals surface area (Å²) in [5.74, 6) is 0.830. The van der Waals surface area contributed by atoms with Gasteiger partial charge in [0.15, 0.2) is 5.78 Å². The van der Waals surface area contributed by atoms with Crippen LogP contribution in [0, 0.1) is 0 Å². The summed E-state index contributed by atoms with van der Waals surface area (Å²) in [6.07, 6.45) is 8.26. The van der Waals surface area contributed by atoms with Crippen LogP contribution in [0.15, 0.2) is 12.1 Å². The average molecular weight is 331 g/mol. The third-order valence-electron chi connectivity index (χ3n) is 5.23. The molecule has 2 aliphatic rings. The molecular weight excluding hydrogens is 302 g/mol. The van der Waals surface area contributed by atoms with E-state index in [0.717, 1.165) is 50.8 Å². The third-order valence-corrected chi connectivity index (χ3v) is 5.23. The lowest BCUT2D eigenvalue weighted by Gasteiger charge is -2.41. The van der Waals surface area contributed by atoms with Crippen molar-refractivity contribution in [1.82, 2.24) is 0 Å². The zero-order valence-corrected chi connectivity index (χ0v) is 14.9. The first-order valence-electron chi connectivity index (χ1n) is 9.47. The van der Waals surface area contributed by atoms with Gasteiger partial charge in [0.25, 0.3) is 0 Å². The second-order valence-electron chi connectivity index (χ2n) is 7.12. The zero-order valence-electron chi connectivity index (χ0n) is 14.9. The number of phenols is 1. The number of carbonyl (C=O) groups is 1. The molecule has 2 heterocycles. The molecule has 0 spiro atoms. The van der Waals surface area contributed by atoms with Crippen molar-refractivity contribution in [2.24, 2.45) is 0 Å². The van der Waals surface area contributed by atoms with E-state index in [2.05, 4.69) is 18.7 Å². The van der Waals surface area contributed by atoms with Crippen LogP contribution in [0.1, 0.15) is 75.6 Å². The summed E-state index contributed by atoms with van der Waals surface area (Å²) in [6.45, 7) is 5.28. The zero-order chi connectivity index (χ0) is 17.1. The van der Waals surface area contributed by atoms with E-state index < -0.39 is 0 Å². The van der Waals surface area contributed by atoms with E-state index in [-0.39, 0.29) is 23.7 Å². The number of rotatable bonds is 6. The quantitative estimate of drug-likeness (QED) is 0.822. The molecule has 1 aromatic carbocycles. The van der Waals surface area contributed by atoms with Crippen molar-refractivity contribution in [1.29, 1.82) is 0 Å².